The van der Waals surface area contributed by atoms with Gasteiger partial charge >= 0.3 is 0 Å². The molecule has 0 fully saturated rings. The molecule has 0 bridgehead atoms. The fourth-order valence-corrected chi connectivity index (χ4v) is 2.08. The van der Waals surface area contributed by atoms with Crippen molar-refractivity contribution < 1.29 is 4.21 Å². The van der Waals surface area contributed by atoms with E-state index >= 15 is 0 Å². The molecule has 1 N–H and O–H groups in total. The molecule has 1 aromatic heterocycles. The summed E-state index contributed by atoms with van der Waals surface area (Å²) >= 11 is 0. The fraction of sp³-hybridized carbons (Fsp3) is 0.727. The summed E-state index contributed by atoms with van der Waals surface area (Å²) in [5.41, 5.74) is 1.01. The lowest BCUT2D eigenvalue weighted by molar-refractivity contribution is 0.605. The van der Waals surface area contributed by atoms with E-state index < -0.39 is 10.8 Å². The van der Waals surface area contributed by atoms with Crippen LogP contribution in [-0.2, 0) is 10.8 Å². The van der Waals surface area contributed by atoms with Crippen LogP contribution in [0, 0.1) is 6.92 Å². The van der Waals surface area contributed by atoms with Crippen LogP contribution < -0.4 is 5.32 Å². The Morgan fingerprint density at radius 2 is 2.25 bits per heavy atom. The van der Waals surface area contributed by atoms with Gasteiger partial charge in [0.1, 0.15) is 0 Å². The van der Waals surface area contributed by atoms with E-state index in [9.17, 15) is 4.21 Å². The molecule has 0 aliphatic heterocycles. The van der Waals surface area contributed by atoms with Crippen molar-refractivity contribution >= 4 is 16.7 Å². The van der Waals surface area contributed by atoms with Gasteiger partial charge < -0.3 is 9.88 Å². The Labute approximate surface area is 99.9 Å². The number of aromatic nitrogens is 2. The monoisotopic (exact) mass is 243 g/mol. The third-order valence-corrected chi connectivity index (χ3v) is 3.65. The lowest BCUT2D eigenvalue weighted by Gasteiger charge is -2.12. The highest BCUT2D eigenvalue weighted by Crippen LogP contribution is 2.14. The van der Waals surface area contributed by atoms with Gasteiger partial charge in [-0.05, 0) is 20.8 Å². The van der Waals surface area contributed by atoms with Crippen LogP contribution in [0.15, 0.2) is 6.20 Å². The molecule has 0 spiro atoms. The lowest BCUT2D eigenvalue weighted by atomic mass is 10.4. The van der Waals surface area contributed by atoms with E-state index in [4.69, 9.17) is 0 Å². The number of rotatable bonds is 6. The van der Waals surface area contributed by atoms with Gasteiger partial charge in [0.25, 0.3) is 0 Å². The summed E-state index contributed by atoms with van der Waals surface area (Å²) in [7, 11) is -0.711. The van der Waals surface area contributed by atoms with Crippen LogP contribution in [0.1, 0.15) is 32.5 Å². The van der Waals surface area contributed by atoms with Crippen LogP contribution in [0.5, 0.6) is 0 Å². The third-order valence-electron chi connectivity index (χ3n) is 2.34. The second-order valence-electron chi connectivity index (χ2n) is 4.07. The van der Waals surface area contributed by atoms with Crippen LogP contribution in [0.4, 0.5) is 5.95 Å². The van der Waals surface area contributed by atoms with Crippen molar-refractivity contribution in [3.8, 4) is 0 Å². The summed E-state index contributed by atoms with van der Waals surface area (Å²) in [4.78, 5) is 4.41. The highest BCUT2D eigenvalue weighted by atomic mass is 32.2. The van der Waals surface area contributed by atoms with E-state index in [0.29, 0.717) is 18.3 Å². The summed E-state index contributed by atoms with van der Waals surface area (Å²) in [5.74, 6) is 2.28. The molecule has 5 heteroatoms. The van der Waals surface area contributed by atoms with Crippen molar-refractivity contribution in [3.05, 3.63) is 11.9 Å². The number of nitrogens with zero attached hydrogens (tertiary/aromatic N) is 2. The molecule has 0 saturated heterocycles. The molecule has 0 aliphatic carbocycles. The van der Waals surface area contributed by atoms with E-state index in [1.807, 2.05) is 20.0 Å². The summed E-state index contributed by atoms with van der Waals surface area (Å²) in [6.45, 7) is 8.88. The van der Waals surface area contributed by atoms with Crippen molar-refractivity contribution in [3.63, 3.8) is 0 Å². The van der Waals surface area contributed by atoms with Gasteiger partial charge in [-0.1, -0.05) is 6.92 Å². The molecule has 0 amide bonds. The highest BCUT2D eigenvalue weighted by Gasteiger charge is 2.07. The van der Waals surface area contributed by atoms with Gasteiger partial charge in [-0.2, -0.15) is 0 Å². The summed E-state index contributed by atoms with van der Waals surface area (Å²) < 4.78 is 13.4. The van der Waals surface area contributed by atoms with Gasteiger partial charge in [-0.15, -0.1) is 0 Å². The van der Waals surface area contributed by atoms with E-state index in [1.54, 1.807) is 0 Å². The Hall–Kier alpha value is -0.840. The first kappa shape index (κ1) is 13.2. The molecule has 1 rings (SSSR count). The van der Waals surface area contributed by atoms with E-state index in [0.717, 1.165) is 17.4 Å². The molecule has 92 valence electrons. The second-order valence-corrected chi connectivity index (χ2v) is 5.93. The standard InChI is InChI=1S/C11H21N3OS/c1-5-16(15)7-6-12-11-13-10(4)8-14(11)9(2)3/h8-9H,5-7H2,1-4H3,(H,12,13). The maximum absolute atomic E-state index is 11.3. The van der Waals surface area contributed by atoms with Gasteiger partial charge in [0.15, 0.2) is 0 Å². The van der Waals surface area contributed by atoms with Crippen LogP contribution in [0.3, 0.4) is 0 Å². The van der Waals surface area contributed by atoms with Gasteiger partial charge in [0.05, 0.1) is 5.69 Å². The Kier molecular flexibility index (Phi) is 4.99. The number of nitrogens with one attached hydrogen (secondary N) is 1. The average Bonchev–Trinajstić information content (AvgIpc) is 2.59. The van der Waals surface area contributed by atoms with Crippen molar-refractivity contribution in [2.24, 2.45) is 0 Å². The topological polar surface area (TPSA) is 46.9 Å². The quantitative estimate of drug-likeness (QED) is 0.830. The largest absolute Gasteiger partial charge is 0.355 e. The average molecular weight is 243 g/mol. The SMILES string of the molecule is CCS(=O)CCNc1nc(C)cn1C(C)C. The molecule has 0 aromatic carbocycles. The minimum Gasteiger partial charge on any atom is -0.355 e. The molecular weight excluding hydrogens is 222 g/mol. The van der Waals surface area contributed by atoms with Crippen LogP contribution >= 0.6 is 0 Å². The molecule has 0 saturated carbocycles. The number of hydrogen-bond donors (Lipinski definition) is 1. The number of imidazole rings is 1. The second kappa shape index (κ2) is 6.03. The van der Waals surface area contributed by atoms with Crippen LogP contribution in [-0.4, -0.2) is 31.8 Å². The van der Waals surface area contributed by atoms with Crippen molar-refractivity contribution in [1.29, 1.82) is 0 Å². The number of aryl methyl sites for hydroxylation is 1. The molecular formula is C11H21N3OS. The van der Waals surface area contributed by atoms with Crippen molar-refractivity contribution in [2.45, 2.75) is 33.7 Å². The molecule has 0 aliphatic rings. The Bertz CT molecular complexity index is 360. The van der Waals surface area contributed by atoms with Gasteiger partial charge in [-0.3, -0.25) is 4.21 Å². The Morgan fingerprint density at radius 1 is 1.56 bits per heavy atom. The summed E-state index contributed by atoms with van der Waals surface area (Å²) in [6, 6.07) is 0.389. The first-order chi connectivity index (χ1) is 7.54. The molecule has 0 radical (unpaired) electrons. The van der Waals surface area contributed by atoms with Gasteiger partial charge in [0, 0.05) is 41.1 Å². The minimum atomic E-state index is -0.711. The van der Waals surface area contributed by atoms with Gasteiger partial charge in [-0.25, -0.2) is 4.98 Å². The minimum absolute atomic E-state index is 0.389. The summed E-state index contributed by atoms with van der Waals surface area (Å²) in [5, 5.41) is 3.24. The number of anilines is 1. The summed E-state index contributed by atoms with van der Waals surface area (Å²) in [6.07, 6.45) is 2.03. The Morgan fingerprint density at radius 3 is 2.81 bits per heavy atom. The Balaban J connectivity index is 2.56. The molecule has 1 aromatic rings. The molecule has 4 nitrogen and oxygen atoms in total. The lowest BCUT2D eigenvalue weighted by Crippen LogP contribution is -2.15. The van der Waals surface area contributed by atoms with Crippen LogP contribution in [0.2, 0.25) is 0 Å². The van der Waals surface area contributed by atoms with Crippen molar-refractivity contribution in [2.75, 3.05) is 23.4 Å². The zero-order valence-corrected chi connectivity index (χ0v) is 11.3. The fourth-order valence-electron chi connectivity index (χ4n) is 1.46. The molecule has 1 unspecified atom stereocenters. The van der Waals surface area contributed by atoms with E-state index in [1.165, 1.54) is 0 Å². The third kappa shape index (κ3) is 3.63. The highest BCUT2D eigenvalue weighted by molar-refractivity contribution is 7.84. The zero-order chi connectivity index (χ0) is 12.1. The molecule has 16 heavy (non-hydrogen) atoms. The molecule has 1 heterocycles. The smallest absolute Gasteiger partial charge is 0.203 e. The van der Waals surface area contributed by atoms with E-state index in [-0.39, 0.29) is 0 Å². The van der Waals surface area contributed by atoms with Crippen LogP contribution in [0.25, 0.3) is 0 Å². The van der Waals surface area contributed by atoms with Crippen molar-refractivity contribution in [1.82, 2.24) is 9.55 Å². The predicted octanol–water partition coefficient (Wildman–Crippen LogP) is 1.95. The van der Waals surface area contributed by atoms with Gasteiger partial charge in [0.2, 0.25) is 5.95 Å². The predicted molar refractivity (Wildman–Crippen MR) is 69.4 cm³/mol. The number of hydrogen-bond acceptors (Lipinski definition) is 3. The zero-order valence-electron chi connectivity index (χ0n) is 10.5. The first-order valence-corrected chi connectivity index (χ1v) is 7.17. The van der Waals surface area contributed by atoms with E-state index in [2.05, 4.69) is 28.7 Å². The normalized spacial score (nSPS) is 13.1. The maximum Gasteiger partial charge on any atom is 0.203 e. The molecule has 1 atom stereocenters. The first-order valence-electron chi connectivity index (χ1n) is 5.69. The maximum atomic E-state index is 11.3.